The zero-order valence-corrected chi connectivity index (χ0v) is 10.8. The molecule has 0 spiro atoms. The van der Waals surface area contributed by atoms with Gasteiger partial charge < -0.3 is 10.1 Å². The Hall–Kier alpha value is -1.48. The van der Waals surface area contributed by atoms with Crippen molar-refractivity contribution in [3.05, 3.63) is 41.4 Å². The Bertz CT molecular complexity index is 418. The zero-order valence-electron chi connectivity index (χ0n) is 10.00. The van der Waals surface area contributed by atoms with Crippen LogP contribution in [0.3, 0.4) is 0 Å². The topological polar surface area (TPSA) is 38.3 Å². The van der Waals surface area contributed by atoms with Gasteiger partial charge in [-0.2, -0.15) is 0 Å². The van der Waals surface area contributed by atoms with Gasteiger partial charge >= 0.3 is 0 Å². The molecule has 0 aromatic heterocycles. The lowest BCUT2D eigenvalue weighted by molar-refractivity contribution is -0.127. The Balaban J connectivity index is 2.64. The van der Waals surface area contributed by atoms with Crippen LogP contribution in [0.2, 0.25) is 5.02 Å². The lowest BCUT2D eigenvalue weighted by Gasteiger charge is -2.15. The molecule has 1 aromatic carbocycles. The van der Waals surface area contributed by atoms with Crippen LogP contribution in [-0.2, 0) is 4.79 Å². The van der Waals surface area contributed by atoms with E-state index in [2.05, 4.69) is 11.9 Å². The fraction of sp³-hybridized carbons (Fsp3) is 0.308. The summed E-state index contributed by atoms with van der Waals surface area (Å²) in [6, 6.07) is 5.29. The van der Waals surface area contributed by atoms with Gasteiger partial charge in [-0.15, -0.1) is 6.58 Å². The molecule has 1 unspecified atom stereocenters. The summed E-state index contributed by atoms with van der Waals surface area (Å²) in [5.74, 6) is 0.495. The number of hydrogen-bond acceptors (Lipinski definition) is 2. The molecule has 1 amide bonds. The van der Waals surface area contributed by atoms with E-state index >= 15 is 0 Å². The summed E-state index contributed by atoms with van der Waals surface area (Å²) >= 11 is 5.84. The number of ether oxygens (including phenoxy) is 1. The van der Waals surface area contributed by atoms with E-state index in [4.69, 9.17) is 16.3 Å². The van der Waals surface area contributed by atoms with Crippen molar-refractivity contribution in [1.29, 1.82) is 0 Å². The minimum atomic E-state index is -0.546. The molecule has 1 aromatic rings. The van der Waals surface area contributed by atoms with Gasteiger partial charge in [0, 0.05) is 11.6 Å². The molecule has 0 radical (unpaired) electrons. The first kappa shape index (κ1) is 13.6. The molecule has 92 valence electrons. The van der Waals surface area contributed by atoms with Crippen molar-refractivity contribution in [2.75, 3.05) is 6.54 Å². The lowest BCUT2D eigenvalue weighted by atomic mass is 10.2. The molecule has 0 aliphatic carbocycles. The highest BCUT2D eigenvalue weighted by atomic mass is 35.5. The molecule has 0 saturated carbocycles. The third-order valence-electron chi connectivity index (χ3n) is 2.23. The van der Waals surface area contributed by atoms with Gasteiger partial charge in [-0.3, -0.25) is 4.79 Å². The van der Waals surface area contributed by atoms with Gasteiger partial charge in [-0.05, 0) is 37.6 Å². The third-order valence-corrected chi connectivity index (χ3v) is 2.47. The second kappa shape index (κ2) is 6.30. The van der Waals surface area contributed by atoms with Crippen LogP contribution in [0.5, 0.6) is 5.75 Å². The summed E-state index contributed by atoms with van der Waals surface area (Å²) in [6.45, 7) is 7.55. The van der Waals surface area contributed by atoms with E-state index < -0.39 is 6.10 Å². The van der Waals surface area contributed by atoms with E-state index in [0.717, 1.165) is 5.56 Å². The number of amides is 1. The number of hydrogen-bond donors (Lipinski definition) is 1. The highest BCUT2D eigenvalue weighted by Gasteiger charge is 2.14. The molecule has 1 atom stereocenters. The molecule has 3 nitrogen and oxygen atoms in total. The Morgan fingerprint density at radius 3 is 2.94 bits per heavy atom. The smallest absolute Gasteiger partial charge is 0.261 e. The number of benzene rings is 1. The molecule has 0 heterocycles. The highest BCUT2D eigenvalue weighted by molar-refractivity contribution is 6.30. The maximum Gasteiger partial charge on any atom is 0.261 e. The largest absolute Gasteiger partial charge is 0.481 e. The van der Waals surface area contributed by atoms with Gasteiger partial charge in [0.15, 0.2) is 6.10 Å². The van der Waals surface area contributed by atoms with Crippen molar-refractivity contribution in [1.82, 2.24) is 5.32 Å². The van der Waals surface area contributed by atoms with Gasteiger partial charge in [0.1, 0.15) is 5.75 Å². The van der Waals surface area contributed by atoms with Crippen molar-refractivity contribution >= 4 is 17.5 Å². The first-order valence-corrected chi connectivity index (χ1v) is 5.74. The number of aryl methyl sites for hydroxylation is 1. The summed E-state index contributed by atoms with van der Waals surface area (Å²) < 4.78 is 5.55. The van der Waals surface area contributed by atoms with Gasteiger partial charge in [0.2, 0.25) is 0 Å². The van der Waals surface area contributed by atoms with E-state index in [1.54, 1.807) is 31.2 Å². The standard InChI is InChI=1S/C13H16ClNO2/c1-4-7-15-13(16)10(3)17-12-6-5-11(14)8-9(12)2/h4-6,8,10H,1,7H2,2-3H3,(H,15,16). The molecular weight excluding hydrogens is 238 g/mol. The maximum atomic E-state index is 11.6. The number of rotatable bonds is 5. The van der Waals surface area contributed by atoms with E-state index in [-0.39, 0.29) is 5.91 Å². The van der Waals surface area contributed by atoms with Crippen LogP contribution in [0.1, 0.15) is 12.5 Å². The first-order valence-electron chi connectivity index (χ1n) is 5.36. The van der Waals surface area contributed by atoms with Gasteiger partial charge in [-0.1, -0.05) is 17.7 Å². The predicted molar refractivity (Wildman–Crippen MR) is 69.5 cm³/mol. The Morgan fingerprint density at radius 1 is 1.65 bits per heavy atom. The molecular formula is C13H16ClNO2. The molecule has 1 N–H and O–H groups in total. The van der Waals surface area contributed by atoms with Gasteiger partial charge in [0.05, 0.1) is 0 Å². The van der Waals surface area contributed by atoms with Gasteiger partial charge in [-0.25, -0.2) is 0 Å². The SMILES string of the molecule is C=CCNC(=O)C(C)Oc1ccc(Cl)cc1C. The van der Waals surface area contributed by atoms with E-state index in [1.807, 2.05) is 6.92 Å². The van der Waals surface area contributed by atoms with Crippen LogP contribution in [0.4, 0.5) is 0 Å². The normalized spacial score (nSPS) is 11.7. The number of carbonyl (C=O) groups excluding carboxylic acids is 1. The van der Waals surface area contributed by atoms with Gasteiger partial charge in [0.25, 0.3) is 5.91 Å². The van der Waals surface area contributed by atoms with Crippen molar-refractivity contribution < 1.29 is 9.53 Å². The molecule has 4 heteroatoms. The highest BCUT2D eigenvalue weighted by Crippen LogP contribution is 2.22. The summed E-state index contributed by atoms with van der Waals surface area (Å²) in [5, 5.41) is 3.33. The van der Waals surface area contributed by atoms with Crippen molar-refractivity contribution in [3.63, 3.8) is 0 Å². The Kier molecular flexibility index (Phi) is 5.04. The Labute approximate surface area is 106 Å². The minimum Gasteiger partial charge on any atom is -0.481 e. The molecule has 0 saturated heterocycles. The first-order chi connectivity index (χ1) is 8.04. The Morgan fingerprint density at radius 2 is 2.35 bits per heavy atom. The quantitative estimate of drug-likeness (QED) is 0.820. The summed E-state index contributed by atoms with van der Waals surface area (Å²) in [7, 11) is 0. The fourth-order valence-corrected chi connectivity index (χ4v) is 1.53. The summed E-state index contributed by atoms with van der Waals surface area (Å²) in [5.41, 5.74) is 0.904. The van der Waals surface area contributed by atoms with Crippen LogP contribution in [0.25, 0.3) is 0 Å². The van der Waals surface area contributed by atoms with Crippen LogP contribution in [0, 0.1) is 6.92 Å². The fourth-order valence-electron chi connectivity index (χ4n) is 1.31. The summed E-state index contributed by atoms with van der Waals surface area (Å²) in [6.07, 6.45) is 1.08. The predicted octanol–water partition coefficient (Wildman–Crippen LogP) is 2.72. The average Bonchev–Trinajstić information content (AvgIpc) is 2.29. The van der Waals surface area contributed by atoms with E-state index in [1.165, 1.54) is 0 Å². The maximum absolute atomic E-state index is 11.6. The number of carbonyl (C=O) groups is 1. The molecule has 0 bridgehead atoms. The van der Waals surface area contributed by atoms with Crippen LogP contribution < -0.4 is 10.1 Å². The minimum absolute atomic E-state index is 0.167. The monoisotopic (exact) mass is 253 g/mol. The van der Waals surface area contributed by atoms with Crippen LogP contribution in [0.15, 0.2) is 30.9 Å². The van der Waals surface area contributed by atoms with E-state index in [9.17, 15) is 4.79 Å². The molecule has 17 heavy (non-hydrogen) atoms. The average molecular weight is 254 g/mol. The van der Waals surface area contributed by atoms with E-state index in [0.29, 0.717) is 17.3 Å². The number of halogens is 1. The molecule has 0 fully saturated rings. The van der Waals surface area contributed by atoms with Crippen molar-refractivity contribution in [2.45, 2.75) is 20.0 Å². The van der Waals surface area contributed by atoms with Crippen LogP contribution in [-0.4, -0.2) is 18.6 Å². The molecule has 0 aliphatic rings. The van der Waals surface area contributed by atoms with Crippen LogP contribution >= 0.6 is 11.6 Å². The second-order valence-electron chi connectivity index (χ2n) is 3.70. The zero-order chi connectivity index (χ0) is 12.8. The third kappa shape index (κ3) is 4.11. The van der Waals surface area contributed by atoms with Crippen molar-refractivity contribution in [2.24, 2.45) is 0 Å². The second-order valence-corrected chi connectivity index (χ2v) is 4.14. The lowest BCUT2D eigenvalue weighted by Crippen LogP contribution is -2.36. The molecule has 1 rings (SSSR count). The molecule has 0 aliphatic heterocycles. The van der Waals surface area contributed by atoms with Crippen molar-refractivity contribution in [3.8, 4) is 5.75 Å². The number of nitrogens with one attached hydrogen (secondary N) is 1. The summed E-state index contributed by atoms with van der Waals surface area (Å²) in [4.78, 5) is 11.6.